The predicted octanol–water partition coefficient (Wildman–Crippen LogP) is 6.74. The number of benzene rings is 2. The number of hydrogen-bond donors (Lipinski definition) is 0. The van der Waals surface area contributed by atoms with Crippen LogP contribution in [0.3, 0.4) is 0 Å². The van der Waals surface area contributed by atoms with E-state index in [2.05, 4.69) is 42.2 Å². The number of thiocarbonyl (C=S) groups is 1. The predicted molar refractivity (Wildman–Crippen MR) is 187 cm³/mol. The lowest BCUT2D eigenvalue weighted by Gasteiger charge is -2.36. The van der Waals surface area contributed by atoms with Gasteiger partial charge in [0, 0.05) is 31.7 Å². The van der Waals surface area contributed by atoms with Crippen LogP contribution in [0.15, 0.2) is 64.3 Å². The molecule has 1 aromatic heterocycles. The minimum atomic E-state index is -0.256. The summed E-state index contributed by atoms with van der Waals surface area (Å²) in [6.45, 7) is 6.52. The number of thioether (sulfide) groups is 1. The number of anilines is 1. The summed E-state index contributed by atoms with van der Waals surface area (Å²) in [6, 6.07) is 20.6. The first-order valence-corrected chi connectivity index (χ1v) is 16.9. The van der Waals surface area contributed by atoms with Gasteiger partial charge in [-0.2, -0.15) is 5.26 Å². The van der Waals surface area contributed by atoms with Crippen LogP contribution in [0.1, 0.15) is 60.4 Å². The van der Waals surface area contributed by atoms with Crippen molar-refractivity contribution in [2.24, 2.45) is 5.92 Å². The number of aromatic nitrogens is 1. The highest BCUT2D eigenvalue weighted by Gasteiger charge is 2.33. The average Bonchev–Trinajstić information content (AvgIpc) is 3.33. The van der Waals surface area contributed by atoms with Gasteiger partial charge < -0.3 is 9.64 Å². The normalized spacial score (nSPS) is 16.4. The van der Waals surface area contributed by atoms with E-state index >= 15 is 0 Å². The molecule has 0 aliphatic carbocycles. The fourth-order valence-corrected chi connectivity index (χ4v) is 7.45. The maximum atomic E-state index is 13.7. The lowest BCUT2D eigenvalue weighted by atomic mass is 9.90. The molecule has 0 atom stereocenters. The highest BCUT2D eigenvalue weighted by atomic mass is 32.2. The summed E-state index contributed by atoms with van der Waals surface area (Å²) in [5.41, 5.74) is 3.69. The number of ether oxygens (including phenoxy) is 1. The van der Waals surface area contributed by atoms with Crippen molar-refractivity contribution in [3.8, 4) is 11.8 Å². The van der Waals surface area contributed by atoms with E-state index in [1.54, 1.807) is 16.6 Å². The van der Waals surface area contributed by atoms with E-state index < -0.39 is 0 Å². The van der Waals surface area contributed by atoms with Crippen LogP contribution in [0.5, 0.6) is 5.75 Å². The number of amides is 1. The molecule has 234 valence electrons. The van der Waals surface area contributed by atoms with Crippen molar-refractivity contribution in [2.75, 3.05) is 31.6 Å². The van der Waals surface area contributed by atoms with Crippen molar-refractivity contribution in [3.63, 3.8) is 0 Å². The van der Waals surface area contributed by atoms with Crippen molar-refractivity contribution >= 4 is 46.1 Å². The maximum Gasteiger partial charge on any atom is 0.270 e. The smallest absolute Gasteiger partial charge is 0.270 e. The second kappa shape index (κ2) is 14.9. The molecule has 0 bridgehead atoms. The molecule has 0 radical (unpaired) electrons. The minimum Gasteiger partial charge on any atom is -0.497 e. The van der Waals surface area contributed by atoms with Crippen molar-refractivity contribution in [1.29, 1.82) is 5.26 Å². The van der Waals surface area contributed by atoms with Crippen molar-refractivity contribution < 1.29 is 9.53 Å². The van der Waals surface area contributed by atoms with Gasteiger partial charge in [-0.25, -0.2) is 0 Å². The molecule has 0 spiro atoms. The van der Waals surface area contributed by atoms with Gasteiger partial charge in [-0.05, 0) is 79.8 Å². The molecule has 7 nitrogen and oxygen atoms in total. The summed E-state index contributed by atoms with van der Waals surface area (Å²) >= 11 is 6.95. The summed E-state index contributed by atoms with van der Waals surface area (Å²) in [5.74, 6) is 2.02. The van der Waals surface area contributed by atoms with Crippen LogP contribution >= 0.6 is 24.0 Å². The van der Waals surface area contributed by atoms with Crippen LogP contribution in [-0.2, 0) is 24.2 Å². The molecule has 0 unspecified atom stereocenters. The fraction of sp³-hybridized carbons (Fsp3) is 0.389. The lowest BCUT2D eigenvalue weighted by Crippen LogP contribution is -2.40. The van der Waals surface area contributed by atoms with Crippen molar-refractivity contribution in [2.45, 2.75) is 58.9 Å². The third-order valence-electron chi connectivity index (χ3n) is 8.80. The second-order valence-electron chi connectivity index (χ2n) is 11.7. The molecule has 3 heterocycles. The number of carbonyl (C=O) groups is 1. The first-order valence-electron chi connectivity index (χ1n) is 15.7. The molecule has 2 aromatic carbocycles. The van der Waals surface area contributed by atoms with E-state index in [1.807, 2.05) is 43.3 Å². The minimum absolute atomic E-state index is 0.134. The summed E-state index contributed by atoms with van der Waals surface area (Å²) in [5, 5.41) is 10.1. The van der Waals surface area contributed by atoms with Crippen LogP contribution in [0.2, 0.25) is 0 Å². The highest BCUT2D eigenvalue weighted by molar-refractivity contribution is 8.26. The van der Waals surface area contributed by atoms with E-state index in [0.717, 1.165) is 67.9 Å². The zero-order chi connectivity index (χ0) is 31.9. The number of hydrogen-bond acceptors (Lipinski definition) is 7. The zero-order valence-electron chi connectivity index (χ0n) is 26.3. The third kappa shape index (κ3) is 7.34. The fourth-order valence-electron chi connectivity index (χ4n) is 6.16. The Labute approximate surface area is 275 Å². The molecule has 2 saturated heterocycles. The molecule has 2 aliphatic heterocycles. The molecular weight excluding hydrogens is 601 g/mol. The van der Waals surface area contributed by atoms with E-state index in [1.165, 1.54) is 17.3 Å². The summed E-state index contributed by atoms with van der Waals surface area (Å²) < 4.78 is 7.55. The Bertz CT molecular complexity index is 1670. The molecule has 5 rings (SSSR count). The number of unbranched alkanes of at least 4 members (excludes halogenated alkanes) is 1. The quantitative estimate of drug-likeness (QED) is 0.170. The van der Waals surface area contributed by atoms with Crippen molar-refractivity contribution in [1.82, 2.24) is 9.47 Å². The van der Waals surface area contributed by atoms with E-state index in [0.29, 0.717) is 40.2 Å². The SMILES string of the molecule is CCCCn1c(N2CCC(Cc3ccccc3)CC2)c(/C=C2\SC(=S)N(CCc3ccc(OC)cc3)C2=O)c(C)c(C#N)c1=O. The van der Waals surface area contributed by atoms with Gasteiger partial charge in [-0.3, -0.25) is 19.1 Å². The van der Waals surface area contributed by atoms with Crippen molar-refractivity contribution in [3.05, 3.63) is 97.7 Å². The van der Waals surface area contributed by atoms with Gasteiger partial charge in [0.1, 0.15) is 27.5 Å². The molecule has 2 aliphatic rings. The van der Waals surface area contributed by atoms with E-state index in [9.17, 15) is 14.9 Å². The first-order chi connectivity index (χ1) is 21.8. The number of methoxy groups -OCH3 is 1. The van der Waals surface area contributed by atoms with Gasteiger partial charge in [-0.15, -0.1) is 0 Å². The van der Waals surface area contributed by atoms with Gasteiger partial charge in [0.05, 0.1) is 12.0 Å². The highest BCUT2D eigenvalue weighted by Crippen LogP contribution is 2.37. The van der Waals surface area contributed by atoms with Crippen LogP contribution in [0, 0.1) is 24.2 Å². The molecular formula is C36H40N4O3S2. The monoisotopic (exact) mass is 640 g/mol. The molecule has 45 heavy (non-hydrogen) atoms. The van der Waals surface area contributed by atoms with Crippen LogP contribution in [0.4, 0.5) is 5.82 Å². The van der Waals surface area contributed by atoms with Crippen LogP contribution < -0.4 is 15.2 Å². The molecule has 0 saturated carbocycles. The third-order valence-corrected chi connectivity index (χ3v) is 10.2. The lowest BCUT2D eigenvalue weighted by molar-refractivity contribution is -0.122. The molecule has 0 N–H and O–H groups in total. The second-order valence-corrected chi connectivity index (χ2v) is 13.4. The zero-order valence-corrected chi connectivity index (χ0v) is 27.9. The van der Waals surface area contributed by atoms with Crippen LogP contribution in [0.25, 0.3) is 6.08 Å². The molecule has 3 aromatic rings. The number of rotatable bonds is 11. The molecule has 1 amide bonds. The summed E-state index contributed by atoms with van der Waals surface area (Å²) in [7, 11) is 1.64. The van der Waals surface area contributed by atoms with Crippen LogP contribution in [-0.4, -0.2) is 46.4 Å². The Morgan fingerprint density at radius 1 is 1.04 bits per heavy atom. The number of nitriles is 1. The summed E-state index contributed by atoms with van der Waals surface area (Å²) in [4.78, 5) is 31.9. The number of nitrogens with zero attached hydrogens (tertiary/aromatic N) is 4. The molecule has 9 heteroatoms. The Balaban J connectivity index is 1.45. The van der Waals surface area contributed by atoms with Gasteiger partial charge in [0.25, 0.3) is 11.5 Å². The van der Waals surface area contributed by atoms with Gasteiger partial charge in [0.15, 0.2) is 0 Å². The number of piperidine rings is 1. The summed E-state index contributed by atoms with van der Waals surface area (Å²) in [6.07, 6.45) is 7.31. The Morgan fingerprint density at radius 2 is 1.76 bits per heavy atom. The van der Waals surface area contributed by atoms with Gasteiger partial charge in [0.2, 0.25) is 0 Å². The number of pyridine rings is 1. The Kier molecular flexibility index (Phi) is 10.8. The Hall–Kier alpha value is -3.87. The first kappa shape index (κ1) is 32.5. The van der Waals surface area contributed by atoms with Gasteiger partial charge in [-0.1, -0.05) is 79.8 Å². The Morgan fingerprint density at radius 3 is 2.40 bits per heavy atom. The topological polar surface area (TPSA) is 78.6 Å². The average molecular weight is 641 g/mol. The maximum absolute atomic E-state index is 13.7. The van der Waals surface area contributed by atoms with E-state index in [4.69, 9.17) is 17.0 Å². The van der Waals surface area contributed by atoms with Gasteiger partial charge >= 0.3 is 0 Å². The number of carbonyl (C=O) groups excluding carboxylic acids is 1. The molecule has 2 fully saturated rings. The van der Waals surface area contributed by atoms with E-state index in [-0.39, 0.29) is 17.0 Å². The largest absolute Gasteiger partial charge is 0.497 e. The standard InChI is InChI=1S/C36H40N4O3S2/c1-4-5-18-39-33(38-19-15-28(16-20-38)22-27-9-7-6-8-10-27)30(25(2)31(24-37)34(39)41)23-32-35(42)40(36(44)45-32)21-17-26-11-13-29(43-3)14-12-26/h6-14,23,28H,4-5,15-22H2,1-3H3/b32-23-.